The van der Waals surface area contributed by atoms with E-state index in [1.54, 1.807) is 38.5 Å². The molecule has 0 aliphatic heterocycles. The summed E-state index contributed by atoms with van der Waals surface area (Å²) in [6.45, 7) is 1.88. The van der Waals surface area contributed by atoms with Crippen molar-refractivity contribution < 1.29 is 18.7 Å². The van der Waals surface area contributed by atoms with Crippen LogP contribution in [0.2, 0.25) is 0 Å². The fourth-order valence-corrected chi connectivity index (χ4v) is 2.94. The smallest absolute Gasteiger partial charge is 0.230 e. The number of methoxy groups -OCH3 is 2. The van der Waals surface area contributed by atoms with Crippen molar-refractivity contribution in [3.8, 4) is 11.5 Å². The van der Waals surface area contributed by atoms with Gasteiger partial charge in [-0.15, -0.1) is 11.8 Å². The van der Waals surface area contributed by atoms with Crippen LogP contribution in [0.5, 0.6) is 11.5 Å². The Morgan fingerprint density at radius 3 is 2.54 bits per heavy atom. The van der Waals surface area contributed by atoms with Crippen LogP contribution in [0.25, 0.3) is 0 Å². The van der Waals surface area contributed by atoms with Gasteiger partial charge in [0.25, 0.3) is 0 Å². The van der Waals surface area contributed by atoms with Crippen molar-refractivity contribution in [2.75, 3.05) is 20.0 Å². The average molecular weight is 349 g/mol. The van der Waals surface area contributed by atoms with Gasteiger partial charge in [-0.3, -0.25) is 4.79 Å². The molecule has 2 aromatic rings. The molecule has 1 amide bonds. The molecule has 0 aromatic heterocycles. The molecule has 0 heterocycles. The summed E-state index contributed by atoms with van der Waals surface area (Å²) in [7, 11) is 3.14. The van der Waals surface area contributed by atoms with Crippen LogP contribution in [-0.2, 0) is 4.79 Å². The summed E-state index contributed by atoms with van der Waals surface area (Å²) in [4.78, 5) is 12.5. The minimum Gasteiger partial charge on any atom is -0.493 e. The van der Waals surface area contributed by atoms with E-state index in [4.69, 9.17) is 9.47 Å². The van der Waals surface area contributed by atoms with E-state index in [0.29, 0.717) is 16.4 Å². The Labute approximate surface area is 145 Å². The number of thioether (sulfide) groups is 1. The molecule has 0 radical (unpaired) electrons. The number of halogens is 1. The lowest BCUT2D eigenvalue weighted by atomic mass is 10.1. The normalized spacial score (nSPS) is 11.7. The minimum absolute atomic E-state index is 0.151. The van der Waals surface area contributed by atoms with Crippen molar-refractivity contribution in [2.45, 2.75) is 17.9 Å². The first-order chi connectivity index (χ1) is 11.5. The Kier molecular flexibility index (Phi) is 6.49. The van der Waals surface area contributed by atoms with E-state index in [9.17, 15) is 9.18 Å². The van der Waals surface area contributed by atoms with E-state index in [1.807, 2.05) is 19.1 Å². The maximum absolute atomic E-state index is 13.5. The van der Waals surface area contributed by atoms with Crippen molar-refractivity contribution in [1.82, 2.24) is 5.32 Å². The summed E-state index contributed by atoms with van der Waals surface area (Å²) in [5.41, 5.74) is 0.900. The van der Waals surface area contributed by atoms with Gasteiger partial charge in [0.05, 0.1) is 26.0 Å². The number of benzene rings is 2. The summed E-state index contributed by atoms with van der Waals surface area (Å²) in [6, 6.07) is 11.7. The summed E-state index contributed by atoms with van der Waals surface area (Å²) >= 11 is 1.17. The first-order valence-electron chi connectivity index (χ1n) is 7.43. The van der Waals surface area contributed by atoms with E-state index >= 15 is 0 Å². The molecule has 0 fully saturated rings. The van der Waals surface area contributed by atoms with Crippen molar-refractivity contribution >= 4 is 17.7 Å². The van der Waals surface area contributed by atoms with E-state index in [2.05, 4.69) is 5.32 Å². The molecule has 1 atom stereocenters. The monoisotopic (exact) mass is 349 g/mol. The van der Waals surface area contributed by atoms with Gasteiger partial charge in [-0.25, -0.2) is 4.39 Å². The van der Waals surface area contributed by atoms with E-state index in [-0.39, 0.29) is 23.5 Å². The molecular weight excluding hydrogens is 329 g/mol. The highest BCUT2D eigenvalue weighted by Gasteiger charge is 2.13. The van der Waals surface area contributed by atoms with Crippen LogP contribution >= 0.6 is 11.8 Å². The Hall–Kier alpha value is -2.21. The first kappa shape index (κ1) is 18.1. The molecule has 6 heteroatoms. The lowest BCUT2D eigenvalue weighted by molar-refractivity contribution is -0.119. The van der Waals surface area contributed by atoms with Crippen molar-refractivity contribution in [1.29, 1.82) is 0 Å². The zero-order valence-electron chi connectivity index (χ0n) is 13.8. The molecule has 0 spiro atoms. The molecule has 1 unspecified atom stereocenters. The number of ether oxygens (including phenoxy) is 2. The zero-order chi connectivity index (χ0) is 17.5. The molecule has 0 saturated carbocycles. The summed E-state index contributed by atoms with van der Waals surface area (Å²) in [5, 5.41) is 2.90. The third kappa shape index (κ3) is 4.64. The Morgan fingerprint density at radius 2 is 1.88 bits per heavy atom. The summed E-state index contributed by atoms with van der Waals surface area (Å²) < 4.78 is 24.0. The van der Waals surface area contributed by atoms with Crippen LogP contribution in [0.1, 0.15) is 18.5 Å². The predicted octanol–water partition coefficient (Wildman–Crippen LogP) is 3.81. The predicted molar refractivity (Wildman–Crippen MR) is 93.2 cm³/mol. The number of nitrogens with one attached hydrogen (secondary N) is 1. The van der Waals surface area contributed by atoms with Crippen LogP contribution < -0.4 is 14.8 Å². The zero-order valence-corrected chi connectivity index (χ0v) is 14.7. The quantitative estimate of drug-likeness (QED) is 0.772. The summed E-state index contributed by atoms with van der Waals surface area (Å²) in [6.07, 6.45) is 0. The molecule has 2 aromatic carbocycles. The van der Waals surface area contributed by atoms with Gasteiger partial charge in [-0.2, -0.15) is 0 Å². The first-order valence-corrected chi connectivity index (χ1v) is 8.42. The number of carbonyl (C=O) groups excluding carboxylic acids is 1. The van der Waals surface area contributed by atoms with Crippen LogP contribution in [0, 0.1) is 5.82 Å². The van der Waals surface area contributed by atoms with Gasteiger partial charge < -0.3 is 14.8 Å². The molecule has 128 valence electrons. The summed E-state index contributed by atoms with van der Waals surface area (Å²) in [5.74, 6) is 0.916. The second-order valence-electron chi connectivity index (χ2n) is 5.12. The highest BCUT2D eigenvalue weighted by atomic mass is 32.2. The Balaban J connectivity index is 1.95. The van der Waals surface area contributed by atoms with Gasteiger partial charge in [-0.05, 0) is 36.8 Å². The van der Waals surface area contributed by atoms with Gasteiger partial charge in [0.2, 0.25) is 5.91 Å². The second kappa shape index (κ2) is 8.59. The maximum Gasteiger partial charge on any atom is 0.230 e. The highest BCUT2D eigenvalue weighted by molar-refractivity contribution is 8.00. The lowest BCUT2D eigenvalue weighted by Crippen LogP contribution is -2.28. The topological polar surface area (TPSA) is 47.6 Å². The molecule has 2 rings (SSSR count). The van der Waals surface area contributed by atoms with Gasteiger partial charge in [0, 0.05) is 4.90 Å². The van der Waals surface area contributed by atoms with Gasteiger partial charge in [-0.1, -0.05) is 18.2 Å². The van der Waals surface area contributed by atoms with E-state index in [0.717, 1.165) is 5.56 Å². The average Bonchev–Trinajstić information content (AvgIpc) is 2.60. The maximum atomic E-state index is 13.5. The van der Waals surface area contributed by atoms with Crippen molar-refractivity contribution in [3.05, 3.63) is 53.8 Å². The minimum atomic E-state index is -0.316. The largest absolute Gasteiger partial charge is 0.493 e. The van der Waals surface area contributed by atoms with Gasteiger partial charge in [0.15, 0.2) is 11.5 Å². The molecule has 4 nitrogen and oxygen atoms in total. The Morgan fingerprint density at radius 1 is 1.17 bits per heavy atom. The number of amides is 1. The van der Waals surface area contributed by atoms with E-state index in [1.165, 1.54) is 17.8 Å². The lowest BCUT2D eigenvalue weighted by Gasteiger charge is -2.16. The molecule has 24 heavy (non-hydrogen) atoms. The highest BCUT2D eigenvalue weighted by Crippen LogP contribution is 2.30. The van der Waals surface area contributed by atoms with Gasteiger partial charge in [0.1, 0.15) is 5.82 Å². The number of hydrogen-bond acceptors (Lipinski definition) is 4. The number of hydrogen-bond donors (Lipinski definition) is 1. The molecule has 1 N–H and O–H groups in total. The van der Waals surface area contributed by atoms with Crippen molar-refractivity contribution in [2.24, 2.45) is 0 Å². The second-order valence-corrected chi connectivity index (χ2v) is 6.14. The molecular formula is C18H20FNO3S. The standard InChI is InChI=1S/C18H20FNO3S/c1-12(13-8-9-15(22-2)16(10-13)23-3)20-18(21)11-24-17-7-5-4-6-14(17)19/h4-10,12H,11H2,1-3H3,(H,20,21). The fraction of sp³-hybridized carbons (Fsp3) is 0.278. The van der Waals surface area contributed by atoms with Crippen LogP contribution in [-0.4, -0.2) is 25.9 Å². The molecule has 0 aliphatic carbocycles. The fourth-order valence-electron chi connectivity index (χ4n) is 2.19. The molecule has 0 aliphatic rings. The van der Waals surface area contributed by atoms with Crippen LogP contribution in [0.4, 0.5) is 4.39 Å². The van der Waals surface area contributed by atoms with Crippen LogP contribution in [0.15, 0.2) is 47.4 Å². The van der Waals surface area contributed by atoms with Crippen molar-refractivity contribution in [3.63, 3.8) is 0 Å². The number of carbonyl (C=O) groups is 1. The Bertz CT molecular complexity index is 708. The third-order valence-electron chi connectivity index (χ3n) is 3.48. The molecule has 0 saturated heterocycles. The van der Waals surface area contributed by atoms with Gasteiger partial charge >= 0.3 is 0 Å². The van der Waals surface area contributed by atoms with E-state index < -0.39 is 0 Å². The van der Waals surface area contributed by atoms with Crippen LogP contribution in [0.3, 0.4) is 0 Å². The third-order valence-corrected chi connectivity index (χ3v) is 4.53. The molecule has 0 bridgehead atoms. The SMILES string of the molecule is COc1ccc(C(C)NC(=O)CSc2ccccc2F)cc1OC. The number of rotatable bonds is 7.